The molecule has 0 aromatic carbocycles. The molecule has 0 fully saturated rings. The van der Waals surface area contributed by atoms with Crippen molar-refractivity contribution in [2.75, 3.05) is 19.8 Å². The molecule has 78 valence electrons. The Morgan fingerprint density at radius 2 is 1.38 bits per heavy atom. The highest BCUT2D eigenvalue weighted by atomic mass is 35.5. The minimum Gasteiger partial charge on any atom is -0.371 e. The van der Waals surface area contributed by atoms with Gasteiger partial charge >= 0.3 is 8.80 Å². The van der Waals surface area contributed by atoms with Gasteiger partial charge in [-0.1, -0.05) is 11.6 Å². The molecule has 0 aromatic heterocycles. The van der Waals surface area contributed by atoms with Gasteiger partial charge in [0.1, 0.15) is 0 Å². The summed E-state index contributed by atoms with van der Waals surface area (Å²) >= 11 is 5.51. The predicted molar refractivity (Wildman–Crippen MR) is 55.6 cm³/mol. The number of hydrogen-bond acceptors (Lipinski definition) is 3. The maximum absolute atomic E-state index is 5.51. The lowest BCUT2D eigenvalue weighted by Gasteiger charge is -2.24. The Kier molecular flexibility index (Phi) is 7.60. The molecule has 3 nitrogen and oxygen atoms in total. The van der Waals surface area contributed by atoms with Crippen LogP contribution in [-0.2, 0) is 13.3 Å². The third-order valence-corrected chi connectivity index (χ3v) is 4.29. The van der Waals surface area contributed by atoms with E-state index < -0.39 is 8.80 Å². The summed E-state index contributed by atoms with van der Waals surface area (Å²) in [6.07, 6.45) is 0. The Hall–Kier alpha value is 0.127. The van der Waals surface area contributed by atoms with E-state index in [-0.39, 0.29) is 0 Å². The van der Waals surface area contributed by atoms with Crippen LogP contribution in [0.2, 0.25) is 0 Å². The largest absolute Gasteiger partial charge is 0.530 e. The molecule has 0 aliphatic heterocycles. The maximum atomic E-state index is 5.51. The normalized spacial score (nSPS) is 12.6. The zero-order valence-electron chi connectivity index (χ0n) is 8.38. The van der Waals surface area contributed by atoms with Crippen molar-refractivity contribution >= 4 is 20.4 Å². The van der Waals surface area contributed by atoms with Gasteiger partial charge < -0.3 is 13.3 Å². The molecule has 5 heteroatoms. The Balaban J connectivity index is 4.37. The SMILES string of the molecule is CCO[Si](C=CCl)(OCC)OCC. The Labute approximate surface area is 86.0 Å². The molecule has 0 aromatic rings. The van der Waals surface area contributed by atoms with Crippen molar-refractivity contribution in [3.8, 4) is 0 Å². The van der Waals surface area contributed by atoms with Crippen molar-refractivity contribution < 1.29 is 13.3 Å². The van der Waals surface area contributed by atoms with E-state index >= 15 is 0 Å². The first-order chi connectivity index (χ1) is 6.24. The molecular weight excluding hydrogens is 208 g/mol. The van der Waals surface area contributed by atoms with Crippen LogP contribution in [-0.4, -0.2) is 28.6 Å². The molecule has 0 aliphatic rings. The van der Waals surface area contributed by atoms with Crippen molar-refractivity contribution in [2.45, 2.75) is 20.8 Å². The van der Waals surface area contributed by atoms with Gasteiger partial charge in [0, 0.05) is 25.4 Å². The second kappa shape index (κ2) is 7.52. The summed E-state index contributed by atoms with van der Waals surface area (Å²) in [5.41, 5.74) is 3.08. The molecule has 0 amide bonds. The van der Waals surface area contributed by atoms with Crippen LogP contribution < -0.4 is 0 Å². The van der Waals surface area contributed by atoms with Crippen LogP contribution in [0, 0.1) is 0 Å². The van der Waals surface area contributed by atoms with Gasteiger partial charge in [0.05, 0.1) is 0 Å². The van der Waals surface area contributed by atoms with E-state index in [0.29, 0.717) is 19.8 Å². The van der Waals surface area contributed by atoms with E-state index in [0.717, 1.165) is 0 Å². The molecular formula is C8H17ClO3Si. The molecule has 0 atom stereocenters. The fourth-order valence-electron chi connectivity index (χ4n) is 0.950. The van der Waals surface area contributed by atoms with Crippen LogP contribution in [0.15, 0.2) is 11.2 Å². The van der Waals surface area contributed by atoms with Crippen molar-refractivity contribution in [3.63, 3.8) is 0 Å². The van der Waals surface area contributed by atoms with Gasteiger partial charge in [0.15, 0.2) is 0 Å². The van der Waals surface area contributed by atoms with Crippen LogP contribution in [0.25, 0.3) is 0 Å². The maximum Gasteiger partial charge on any atom is 0.530 e. The fourth-order valence-corrected chi connectivity index (χ4v) is 3.31. The molecule has 0 aliphatic carbocycles. The summed E-state index contributed by atoms with van der Waals surface area (Å²) in [5.74, 6) is 0. The van der Waals surface area contributed by atoms with E-state index in [1.807, 2.05) is 20.8 Å². The lowest BCUT2D eigenvalue weighted by molar-refractivity contribution is 0.0843. The van der Waals surface area contributed by atoms with Crippen molar-refractivity contribution in [1.82, 2.24) is 0 Å². The van der Waals surface area contributed by atoms with Crippen molar-refractivity contribution in [1.29, 1.82) is 0 Å². The summed E-state index contributed by atoms with van der Waals surface area (Å²) in [6, 6.07) is 0. The first-order valence-corrected chi connectivity index (χ1v) is 6.68. The molecule has 0 saturated carbocycles. The highest BCUT2D eigenvalue weighted by Crippen LogP contribution is 2.12. The van der Waals surface area contributed by atoms with Crippen molar-refractivity contribution in [3.05, 3.63) is 11.2 Å². The second-order valence-electron chi connectivity index (χ2n) is 2.20. The van der Waals surface area contributed by atoms with E-state index in [2.05, 4.69) is 0 Å². The zero-order chi connectivity index (χ0) is 10.2. The molecule has 0 rings (SSSR count). The first kappa shape index (κ1) is 13.1. The second-order valence-corrected chi connectivity index (χ2v) is 4.85. The highest BCUT2D eigenvalue weighted by Gasteiger charge is 2.37. The molecule has 13 heavy (non-hydrogen) atoms. The first-order valence-electron chi connectivity index (χ1n) is 4.44. The van der Waals surface area contributed by atoms with E-state index in [4.69, 9.17) is 24.9 Å². The van der Waals surface area contributed by atoms with Crippen LogP contribution in [0.5, 0.6) is 0 Å². The lowest BCUT2D eigenvalue weighted by atomic mass is 10.9. The van der Waals surface area contributed by atoms with E-state index in [1.165, 1.54) is 5.54 Å². The summed E-state index contributed by atoms with van der Waals surface area (Å²) in [5, 5.41) is 0. The minimum absolute atomic E-state index is 0.563. The van der Waals surface area contributed by atoms with Gasteiger partial charge in [-0.2, -0.15) is 0 Å². The van der Waals surface area contributed by atoms with Crippen LogP contribution >= 0.6 is 11.6 Å². The quantitative estimate of drug-likeness (QED) is 0.622. The third-order valence-electron chi connectivity index (χ3n) is 1.30. The molecule has 0 heterocycles. The molecule has 0 N–H and O–H groups in total. The molecule has 0 radical (unpaired) electrons. The van der Waals surface area contributed by atoms with Crippen molar-refractivity contribution in [2.24, 2.45) is 0 Å². The number of rotatable bonds is 7. The average Bonchev–Trinajstić information content (AvgIpc) is 2.06. The predicted octanol–water partition coefficient (Wildman–Crippen LogP) is 2.33. The lowest BCUT2D eigenvalue weighted by Crippen LogP contribution is -2.44. The number of hydrogen-bond donors (Lipinski definition) is 0. The standard InChI is InChI=1S/C8H17ClO3Si/c1-4-10-13(8-7-9,11-5-2)12-6-3/h7-8H,4-6H2,1-3H3. The summed E-state index contributed by atoms with van der Waals surface area (Å²) in [7, 11) is -2.61. The Morgan fingerprint density at radius 3 is 1.62 bits per heavy atom. The van der Waals surface area contributed by atoms with E-state index in [1.54, 1.807) is 5.70 Å². The Morgan fingerprint density at radius 1 is 1.00 bits per heavy atom. The van der Waals surface area contributed by atoms with Crippen LogP contribution in [0.4, 0.5) is 0 Å². The molecule has 0 unspecified atom stereocenters. The summed E-state index contributed by atoms with van der Waals surface area (Å²) in [6.45, 7) is 7.40. The van der Waals surface area contributed by atoms with Gasteiger partial charge in [-0.05, 0) is 26.5 Å². The highest BCUT2D eigenvalue weighted by molar-refractivity contribution is 6.67. The van der Waals surface area contributed by atoms with Crippen LogP contribution in [0.3, 0.4) is 0 Å². The molecule has 0 bridgehead atoms. The zero-order valence-corrected chi connectivity index (χ0v) is 10.1. The van der Waals surface area contributed by atoms with Gasteiger partial charge in [0.25, 0.3) is 0 Å². The Bertz CT molecular complexity index is 135. The number of halogens is 1. The monoisotopic (exact) mass is 224 g/mol. The fraction of sp³-hybridized carbons (Fsp3) is 0.750. The molecule has 0 saturated heterocycles. The summed E-state index contributed by atoms with van der Waals surface area (Å²) < 4.78 is 16.4. The molecule has 0 spiro atoms. The minimum atomic E-state index is -2.61. The van der Waals surface area contributed by atoms with E-state index in [9.17, 15) is 0 Å². The average molecular weight is 225 g/mol. The topological polar surface area (TPSA) is 27.7 Å². The third kappa shape index (κ3) is 4.78. The van der Waals surface area contributed by atoms with Gasteiger partial charge in [-0.25, -0.2) is 0 Å². The van der Waals surface area contributed by atoms with Gasteiger partial charge in [0.2, 0.25) is 0 Å². The van der Waals surface area contributed by atoms with Crippen LogP contribution in [0.1, 0.15) is 20.8 Å². The smallest absolute Gasteiger partial charge is 0.371 e. The van der Waals surface area contributed by atoms with Gasteiger partial charge in [-0.15, -0.1) is 0 Å². The summed E-state index contributed by atoms with van der Waals surface area (Å²) in [4.78, 5) is 0. The van der Waals surface area contributed by atoms with Gasteiger partial charge in [-0.3, -0.25) is 0 Å².